The van der Waals surface area contributed by atoms with Crippen LogP contribution in [-0.4, -0.2) is 11.1 Å². The maximum Gasteiger partial charge on any atom is 0.270 e. The predicted octanol–water partition coefficient (Wildman–Crippen LogP) is 4.62. The molecule has 102 valence electrons. The molecule has 0 aliphatic heterocycles. The zero-order chi connectivity index (χ0) is 14.7. The summed E-state index contributed by atoms with van der Waals surface area (Å²) in [5, 5.41) is 11.2. The van der Waals surface area contributed by atoms with Crippen LogP contribution in [0.4, 0.5) is 11.4 Å². The summed E-state index contributed by atoms with van der Waals surface area (Å²) in [5.41, 5.74) is 3.55. The Hall–Kier alpha value is -2.20. The number of nitrogens with zero attached hydrogens (tertiary/aromatic N) is 2. The minimum Gasteiger partial charge on any atom is -0.258 e. The third-order valence-corrected chi connectivity index (χ3v) is 3.23. The molecule has 2 aromatic carbocycles. The zero-order valence-electron chi connectivity index (χ0n) is 11.1. The van der Waals surface area contributed by atoms with Crippen LogP contribution in [0.3, 0.4) is 0 Å². The number of nitro groups is 1. The van der Waals surface area contributed by atoms with Gasteiger partial charge in [-0.1, -0.05) is 29.3 Å². The highest BCUT2D eigenvalue weighted by atomic mass is 35.5. The number of hydrogen-bond acceptors (Lipinski definition) is 3. The molecule has 20 heavy (non-hydrogen) atoms. The summed E-state index contributed by atoms with van der Waals surface area (Å²) in [7, 11) is 0. The molecule has 2 rings (SSSR count). The van der Waals surface area contributed by atoms with Crippen molar-refractivity contribution >= 4 is 29.2 Å². The largest absolute Gasteiger partial charge is 0.270 e. The van der Waals surface area contributed by atoms with Crippen molar-refractivity contribution in [3.05, 3.63) is 68.2 Å². The summed E-state index contributed by atoms with van der Waals surface area (Å²) in [6, 6.07) is 10.2. The van der Waals surface area contributed by atoms with Crippen LogP contribution in [0, 0.1) is 24.0 Å². The smallest absolute Gasteiger partial charge is 0.258 e. The van der Waals surface area contributed by atoms with Crippen molar-refractivity contribution in [3.8, 4) is 0 Å². The van der Waals surface area contributed by atoms with Crippen molar-refractivity contribution in [3.63, 3.8) is 0 Å². The van der Waals surface area contributed by atoms with E-state index in [9.17, 15) is 10.1 Å². The Labute approximate surface area is 121 Å². The Morgan fingerprint density at radius 3 is 2.60 bits per heavy atom. The molecule has 0 bridgehead atoms. The third-order valence-electron chi connectivity index (χ3n) is 2.89. The molecule has 4 nitrogen and oxygen atoms in total. The van der Waals surface area contributed by atoms with E-state index in [-0.39, 0.29) is 5.69 Å². The van der Waals surface area contributed by atoms with Crippen molar-refractivity contribution in [1.29, 1.82) is 0 Å². The molecule has 0 aliphatic carbocycles. The summed E-state index contributed by atoms with van der Waals surface area (Å²) in [4.78, 5) is 14.6. The molecule has 0 amide bonds. The fourth-order valence-corrected chi connectivity index (χ4v) is 2.00. The third kappa shape index (κ3) is 3.22. The van der Waals surface area contributed by atoms with E-state index in [1.807, 2.05) is 32.0 Å². The summed E-state index contributed by atoms with van der Waals surface area (Å²) in [6.07, 6.45) is 1.55. The molecule has 5 heteroatoms. The van der Waals surface area contributed by atoms with Gasteiger partial charge in [0.15, 0.2) is 0 Å². The Balaban J connectivity index is 2.35. The van der Waals surface area contributed by atoms with Crippen LogP contribution in [0.5, 0.6) is 0 Å². The lowest BCUT2D eigenvalue weighted by molar-refractivity contribution is -0.384. The van der Waals surface area contributed by atoms with Gasteiger partial charge < -0.3 is 0 Å². The lowest BCUT2D eigenvalue weighted by Crippen LogP contribution is -1.91. The molecule has 0 fully saturated rings. The van der Waals surface area contributed by atoms with Crippen molar-refractivity contribution < 1.29 is 4.92 Å². The highest BCUT2D eigenvalue weighted by molar-refractivity contribution is 6.33. The summed E-state index contributed by atoms with van der Waals surface area (Å²) in [5.74, 6) is 0. The lowest BCUT2D eigenvalue weighted by atomic mass is 10.1. The van der Waals surface area contributed by atoms with E-state index >= 15 is 0 Å². The Bertz CT molecular complexity index is 696. The van der Waals surface area contributed by atoms with E-state index in [0.717, 1.165) is 16.8 Å². The van der Waals surface area contributed by atoms with Gasteiger partial charge in [0.05, 0.1) is 10.6 Å². The molecule has 0 saturated carbocycles. The lowest BCUT2D eigenvalue weighted by Gasteiger charge is -2.02. The van der Waals surface area contributed by atoms with Crippen molar-refractivity contribution in [1.82, 2.24) is 0 Å². The van der Waals surface area contributed by atoms with Crippen LogP contribution < -0.4 is 0 Å². The Morgan fingerprint density at radius 1 is 1.20 bits per heavy atom. The van der Waals surface area contributed by atoms with E-state index in [4.69, 9.17) is 11.6 Å². The van der Waals surface area contributed by atoms with Crippen LogP contribution >= 0.6 is 11.6 Å². The zero-order valence-corrected chi connectivity index (χ0v) is 11.9. The standard InChI is InChI=1S/C15H13ClN2O2/c1-10-3-6-15(11(2)7-10)17-9-12-8-13(18(19)20)4-5-14(12)16/h3-9H,1-2H3. The average molecular weight is 289 g/mol. The minimum atomic E-state index is -0.454. The van der Waals surface area contributed by atoms with E-state index < -0.39 is 4.92 Å². The Kier molecular flexibility index (Phi) is 4.15. The monoisotopic (exact) mass is 288 g/mol. The SMILES string of the molecule is Cc1ccc(N=Cc2cc([N+](=O)[O-])ccc2Cl)c(C)c1. The summed E-state index contributed by atoms with van der Waals surface area (Å²) in [6.45, 7) is 3.98. The first kappa shape index (κ1) is 14.2. The number of halogens is 1. The molecule has 2 aromatic rings. The topological polar surface area (TPSA) is 55.5 Å². The molecule has 0 aromatic heterocycles. The molecule has 0 heterocycles. The highest BCUT2D eigenvalue weighted by Crippen LogP contribution is 2.23. The van der Waals surface area contributed by atoms with Crippen LogP contribution in [0.25, 0.3) is 0 Å². The van der Waals surface area contributed by atoms with Gasteiger partial charge in [-0.15, -0.1) is 0 Å². The van der Waals surface area contributed by atoms with E-state index in [1.54, 1.807) is 6.21 Å². The first-order valence-corrected chi connectivity index (χ1v) is 6.40. The molecule has 0 saturated heterocycles. The van der Waals surface area contributed by atoms with Crippen LogP contribution in [-0.2, 0) is 0 Å². The van der Waals surface area contributed by atoms with Gasteiger partial charge in [-0.05, 0) is 31.5 Å². The first-order chi connectivity index (χ1) is 9.47. The molecule has 0 radical (unpaired) electrons. The van der Waals surface area contributed by atoms with Gasteiger partial charge in [0.25, 0.3) is 5.69 Å². The normalized spacial score (nSPS) is 10.9. The quantitative estimate of drug-likeness (QED) is 0.470. The second kappa shape index (κ2) is 5.84. The van der Waals surface area contributed by atoms with Crippen LogP contribution in [0.2, 0.25) is 5.02 Å². The number of nitro benzene ring substituents is 1. The van der Waals surface area contributed by atoms with E-state index in [2.05, 4.69) is 4.99 Å². The molecular formula is C15H13ClN2O2. The van der Waals surface area contributed by atoms with Gasteiger partial charge >= 0.3 is 0 Å². The molecular weight excluding hydrogens is 276 g/mol. The van der Waals surface area contributed by atoms with Gasteiger partial charge in [0, 0.05) is 28.9 Å². The Morgan fingerprint density at radius 2 is 1.95 bits per heavy atom. The van der Waals surface area contributed by atoms with Gasteiger partial charge in [0.1, 0.15) is 0 Å². The predicted molar refractivity (Wildman–Crippen MR) is 81.3 cm³/mol. The number of non-ortho nitro benzene ring substituents is 1. The average Bonchev–Trinajstić information content (AvgIpc) is 2.39. The van der Waals surface area contributed by atoms with Crippen LogP contribution in [0.1, 0.15) is 16.7 Å². The van der Waals surface area contributed by atoms with Gasteiger partial charge in [-0.25, -0.2) is 0 Å². The van der Waals surface area contributed by atoms with Gasteiger partial charge in [-0.3, -0.25) is 15.1 Å². The molecule has 0 aliphatic rings. The molecule has 0 spiro atoms. The maximum absolute atomic E-state index is 10.7. The van der Waals surface area contributed by atoms with Crippen molar-refractivity contribution in [2.75, 3.05) is 0 Å². The fourth-order valence-electron chi connectivity index (χ4n) is 1.83. The minimum absolute atomic E-state index is 0.00326. The van der Waals surface area contributed by atoms with Gasteiger partial charge in [0.2, 0.25) is 0 Å². The second-order valence-electron chi connectivity index (χ2n) is 4.51. The number of rotatable bonds is 3. The molecule has 0 atom stereocenters. The maximum atomic E-state index is 10.7. The van der Waals surface area contributed by atoms with Crippen molar-refractivity contribution in [2.24, 2.45) is 4.99 Å². The van der Waals surface area contributed by atoms with Gasteiger partial charge in [-0.2, -0.15) is 0 Å². The summed E-state index contributed by atoms with van der Waals surface area (Å²) < 4.78 is 0. The van der Waals surface area contributed by atoms with Crippen LogP contribution in [0.15, 0.2) is 41.4 Å². The van der Waals surface area contributed by atoms with E-state index in [1.165, 1.54) is 18.2 Å². The molecule has 0 unspecified atom stereocenters. The molecule has 0 N–H and O–H groups in total. The number of benzene rings is 2. The van der Waals surface area contributed by atoms with Crippen molar-refractivity contribution in [2.45, 2.75) is 13.8 Å². The second-order valence-corrected chi connectivity index (χ2v) is 4.92. The number of hydrogen-bond donors (Lipinski definition) is 0. The highest BCUT2D eigenvalue weighted by Gasteiger charge is 2.08. The number of aryl methyl sites for hydroxylation is 2. The fraction of sp³-hybridized carbons (Fsp3) is 0.133. The van der Waals surface area contributed by atoms with E-state index in [0.29, 0.717) is 10.6 Å². The summed E-state index contributed by atoms with van der Waals surface area (Å²) >= 11 is 6.02. The first-order valence-electron chi connectivity index (χ1n) is 6.02. The number of aliphatic imine (C=N–C) groups is 1.